The fraction of sp³-hybridized carbons (Fsp3) is 0.429. The normalized spacial score (nSPS) is 17.3. The largest absolute Gasteiger partial charge is 0.454 e. The maximum Gasteiger partial charge on any atom is 0.246 e. The highest BCUT2D eigenvalue weighted by Gasteiger charge is 2.32. The van der Waals surface area contributed by atoms with Crippen LogP contribution in [0.2, 0.25) is 0 Å². The van der Waals surface area contributed by atoms with Gasteiger partial charge in [0.25, 0.3) is 0 Å². The van der Waals surface area contributed by atoms with Gasteiger partial charge in [0.2, 0.25) is 22.7 Å². The fourth-order valence-electron chi connectivity index (χ4n) is 3.90. The van der Waals surface area contributed by atoms with Gasteiger partial charge in [-0.25, -0.2) is 8.42 Å². The minimum Gasteiger partial charge on any atom is -0.454 e. The van der Waals surface area contributed by atoms with Crippen molar-refractivity contribution < 1.29 is 22.7 Å². The average molecular weight is 447 g/mol. The maximum absolute atomic E-state index is 13.2. The molecule has 2 aromatic rings. The van der Waals surface area contributed by atoms with Gasteiger partial charge in [0, 0.05) is 39.3 Å². The molecular weight excluding hydrogens is 420 g/mol. The van der Waals surface area contributed by atoms with Gasteiger partial charge < -0.3 is 14.4 Å². The molecule has 1 saturated heterocycles. The minimum absolute atomic E-state index is 0.148. The van der Waals surface area contributed by atoms with Crippen LogP contribution in [0.5, 0.6) is 11.5 Å². The number of benzene rings is 1. The summed E-state index contributed by atoms with van der Waals surface area (Å²) in [4.78, 5) is 14.6. The Bertz CT molecular complexity index is 1140. The van der Waals surface area contributed by atoms with Crippen molar-refractivity contribution in [1.82, 2.24) is 19.0 Å². The number of nitrogens with zero attached hydrogens (tertiary/aromatic N) is 4. The Labute approximate surface area is 181 Å². The summed E-state index contributed by atoms with van der Waals surface area (Å²) in [7, 11) is -1.94. The molecule has 10 heteroatoms. The molecule has 31 heavy (non-hydrogen) atoms. The zero-order valence-corrected chi connectivity index (χ0v) is 18.7. The van der Waals surface area contributed by atoms with Crippen molar-refractivity contribution in [3.05, 3.63) is 41.2 Å². The first kappa shape index (κ1) is 21.4. The van der Waals surface area contributed by atoms with Crippen molar-refractivity contribution in [1.29, 1.82) is 0 Å². The van der Waals surface area contributed by atoms with E-state index in [0.29, 0.717) is 48.9 Å². The Morgan fingerprint density at radius 2 is 1.87 bits per heavy atom. The molecule has 2 aliphatic heterocycles. The summed E-state index contributed by atoms with van der Waals surface area (Å²) < 4.78 is 40.1. The minimum atomic E-state index is -3.67. The van der Waals surface area contributed by atoms with Crippen LogP contribution in [0.4, 0.5) is 0 Å². The number of fused-ring (bicyclic) bond motifs is 1. The Balaban J connectivity index is 1.43. The quantitative estimate of drug-likeness (QED) is 0.664. The smallest absolute Gasteiger partial charge is 0.246 e. The van der Waals surface area contributed by atoms with E-state index in [9.17, 15) is 13.2 Å². The first-order chi connectivity index (χ1) is 14.8. The monoisotopic (exact) mass is 446 g/mol. The third kappa shape index (κ3) is 4.17. The summed E-state index contributed by atoms with van der Waals surface area (Å²) in [5.41, 5.74) is 1.93. The van der Waals surface area contributed by atoms with Crippen molar-refractivity contribution in [2.45, 2.75) is 25.2 Å². The van der Waals surface area contributed by atoms with Crippen LogP contribution in [0.25, 0.3) is 6.08 Å². The van der Waals surface area contributed by atoms with E-state index >= 15 is 0 Å². The fourth-order valence-corrected chi connectivity index (χ4v) is 5.77. The molecule has 0 N–H and O–H groups in total. The second-order valence-electron chi connectivity index (χ2n) is 7.65. The van der Waals surface area contributed by atoms with Crippen LogP contribution in [-0.4, -0.2) is 66.3 Å². The molecule has 3 heterocycles. The van der Waals surface area contributed by atoms with Gasteiger partial charge in [-0.2, -0.15) is 9.40 Å². The van der Waals surface area contributed by atoms with Gasteiger partial charge >= 0.3 is 0 Å². The van der Waals surface area contributed by atoms with Crippen molar-refractivity contribution in [3.8, 4) is 11.5 Å². The first-order valence-electron chi connectivity index (χ1n) is 10.1. The SMILES string of the molecule is Cc1nn(C)c(C)c1S(=O)(=O)N1CCCN(C(=O)C=Cc2ccc3c(c2)OCO3)CC1. The third-order valence-electron chi connectivity index (χ3n) is 5.62. The van der Waals surface area contributed by atoms with Gasteiger partial charge in [-0.15, -0.1) is 0 Å². The zero-order valence-electron chi connectivity index (χ0n) is 17.9. The first-order valence-corrected chi connectivity index (χ1v) is 11.6. The molecular formula is C21H26N4O5S. The van der Waals surface area contributed by atoms with Crippen LogP contribution in [0, 0.1) is 13.8 Å². The van der Waals surface area contributed by atoms with Crippen LogP contribution in [0.1, 0.15) is 23.4 Å². The lowest BCUT2D eigenvalue weighted by atomic mass is 10.2. The third-order valence-corrected chi connectivity index (χ3v) is 7.77. The van der Waals surface area contributed by atoms with Gasteiger partial charge in [-0.1, -0.05) is 6.07 Å². The van der Waals surface area contributed by atoms with E-state index in [4.69, 9.17) is 9.47 Å². The predicted molar refractivity (Wildman–Crippen MR) is 114 cm³/mol. The number of ether oxygens (including phenoxy) is 2. The molecule has 0 bridgehead atoms. The van der Waals surface area contributed by atoms with Gasteiger partial charge in [0.15, 0.2) is 11.5 Å². The summed E-state index contributed by atoms with van der Waals surface area (Å²) in [6.07, 6.45) is 3.81. The Morgan fingerprint density at radius 3 is 2.61 bits per heavy atom. The summed E-state index contributed by atoms with van der Waals surface area (Å²) in [5, 5.41) is 4.23. The summed E-state index contributed by atoms with van der Waals surface area (Å²) in [5.74, 6) is 1.20. The molecule has 4 rings (SSSR count). The molecule has 2 aliphatic rings. The van der Waals surface area contributed by atoms with Crippen molar-refractivity contribution in [2.24, 2.45) is 7.05 Å². The van der Waals surface area contributed by atoms with E-state index in [1.807, 2.05) is 18.2 Å². The molecule has 1 amide bonds. The topological polar surface area (TPSA) is 94.0 Å². The number of hydrogen-bond donors (Lipinski definition) is 0. The molecule has 0 saturated carbocycles. The van der Waals surface area contributed by atoms with E-state index in [-0.39, 0.29) is 24.1 Å². The summed E-state index contributed by atoms with van der Waals surface area (Å²) >= 11 is 0. The van der Waals surface area contributed by atoms with Crippen molar-refractivity contribution >= 4 is 22.0 Å². The molecule has 9 nitrogen and oxygen atoms in total. The average Bonchev–Trinajstić information content (AvgIpc) is 3.18. The highest BCUT2D eigenvalue weighted by atomic mass is 32.2. The molecule has 166 valence electrons. The van der Waals surface area contributed by atoms with E-state index in [0.717, 1.165) is 5.56 Å². The van der Waals surface area contributed by atoms with Gasteiger partial charge in [-0.05, 0) is 44.0 Å². The molecule has 1 aromatic heterocycles. The zero-order chi connectivity index (χ0) is 22.2. The van der Waals surface area contributed by atoms with Crippen LogP contribution in [0.15, 0.2) is 29.2 Å². The number of carbonyl (C=O) groups is 1. The van der Waals surface area contributed by atoms with Gasteiger partial charge in [-0.3, -0.25) is 9.48 Å². The molecule has 0 radical (unpaired) electrons. The van der Waals surface area contributed by atoms with Gasteiger partial charge in [0.1, 0.15) is 4.90 Å². The molecule has 0 unspecified atom stereocenters. The second kappa shape index (κ2) is 8.35. The van der Waals surface area contributed by atoms with Crippen LogP contribution >= 0.6 is 0 Å². The highest BCUT2D eigenvalue weighted by molar-refractivity contribution is 7.89. The Morgan fingerprint density at radius 1 is 1.10 bits per heavy atom. The Kier molecular flexibility index (Phi) is 5.76. The number of aromatic nitrogens is 2. The number of carbonyl (C=O) groups excluding carboxylic acids is 1. The van der Waals surface area contributed by atoms with Crippen LogP contribution in [0.3, 0.4) is 0 Å². The van der Waals surface area contributed by atoms with E-state index in [1.165, 1.54) is 10.4 Å². The molecule has 0 spiro atoms. The molecule has 0 aliphatic carbocycles. The van der Waals surface area contributed by atoms with E-state index in [2.05, 4.69) is 5.10 Å². The summed E-state index contributed by atoms with van der Waals surface area (Å²) in [6.45, 7) is 5.11. The lowest BCUT2D eigenvalue weighted by molar-refractivity contribution is -0.125. The van der Waals surface area contributed by atoms with Gasteiger partial charge in [0.05, 0.1) is 11.4 Å². The Hall–Kier alpha value is -2.85. The molecule has 0 atom stereocenters. The van der Waals surface area contributed by atoms with Crippen LogP contribution in [-0.2, 0) is 21.9 Å². The van der Waals surface area contributed by atoms with Crippen molar-refractivity contribution in [2.75, 3.05) is 33.0 Å². The van der Waals surface area contributed by atoms with E-state index in [1.54, 1.807) is 36.6 Å². The summed E-state index contributed by atoms with van der Waals surface area (Å²) in [6, 6.07) is 5.48. The highest BCUT2D eigenvalue weighted by Crippen LogP contribution is 2.32. The second-order valence-corrected chi connectivity index (χ2v) is 9.53. The van der Waals surface area contributed by atoms with E-state index < -0.39 is 10.0 Å². The number of sulfonamides is 1. The number of hydrogen-bond acceptors (Lipinski definition) is 6. The van der Waals surface area contributed by atoms with Crippen molar-refractivity contribution in [3.63, 3.8) is 0 Å². The number of amides is 1. The number of aryl methyl sites for hydroxylation is 2. The lowest BCUT2D eigenvalue weighted by Gasteiger charge is -2.21. The maximum atomic E-state index is 13.2. The number of rotatable bonds is 4. The lowest BCUT2D eigenvalue weighted by Crippen LogP contribution is -2.37. The standard InChI is InChI=1S/C21H26N4O5S/c1-15-21(16(2)23(3)22-15)31(27,28)25-10-4-9-24(11-12-25)20(26)8-6-17-5-7-18-19(13-17)30-14-29-18/h5-8,13H,4,9-12,14H2,1-3H3. The predicted octanol–water partition coefficient (Wildman–Crippen LogP) is 1.70. The molecule has 1 fully saturated rings. The molecule has 1 aromatic carbocycles. The van der Waals surface area contributed by atoms with Crippen LogP contribution < -0.4 is 9.47 Å².